The molecule has 3 heterocycles. The third kappa shape index (κ3) is 4.85. The number of benzene rings is 1. The fourth-order valence-electron chi connectivity index (χ4n) is 4.02. The van der Waals surface area contributed by atoms with Gasteiger partial charge in [-0.25, -0.2) is 14.8 Å². The maximum atomic E-state index is 12.2. The third-order valence-electron chi connectivity index (χ3n) is 5.56. The molecule has 0 amide bonds. The topological polar surface area (TPSA) is 69.9 Å². The van der Waals surface area contributed by atoms with Crippen LogP contribution in [0, 0.1) is 13.8 Å². The highest BCUT2D eigenvalue weighted by atomic mass is 16.5. The lowest BCUT2D eigenvalue weighted by Crippen LogP contribution is -2.06. The highest BCUT2D eigenvalue weighted by molar-refractivity contribution is 5.96. The Balaban J connectivity index is 1.69. The SMILES string of the molecule is CCOC(=O)C=C(c1ccncc1)c1ccc(Cn2c(CC)nc3c(C)cc(C)nc32)cc1. The van der Waals surface area contributed by atoms with Gasteiger partial charge in [0.15, 0.2) is 5.65 Å². The Hall–Kier alpha value is -3.80. The van der Waals surface area contributed by atoms with Crippen molar-refractivity contribution in [3.05, 3.63) is 94.7 Å². The van der Waals surface area contributed by atoms with Gasteiger partial charge in [0.25, 0.3) is 0 Å². The first-order valence-electron chi connectivity index (χ1n) is 11.2. The van der Waals surface area contributed by atoms with Gasteiger partial charge in [0.05, 0.1) is 13.2 Å². The van der Waals surface area contributed by atoms with Gasteiger partial charge in [-0.1, -0.05) is 31.2 Å². The molecular weight excluding hydrogens is 412 g/mol. The number of aromatic nitrogens is 4. The van der Waals surface area contributed by atoms with Crippen molar-refractivity contribution in [2.24, 2.45) is 0 Å². The maximum Gasteiger partial charge on any atom is 0.331 e. The van der Waals surface area contributed by atoms with Crippen molar-refractivity contribution in [2.75, 3.05) is 6.61 Å². The molecule has 0 aliphatic rings. The van der Waals surface area contributed by atoms with Crippen molar-refractivity contribution < 1.29 is 9.53 Å². The van der Waals surface area contributed by atoms with Gasteiger partial charge in [-0.05, 0) is 66.8 Å². The van der Waals surface area contributed by atoms with Gasteiger partial charge in [-0.3, -0.25) is 4.98 Å². The number of carbonyl (C=O) groups is 1. The molecule has 0 saturated carbocycles. The van der Waals surface area contributed by atoms with Crippen LogP contribution in [-0.4, -0.2) is 32.1 Å². The fraction of sp³-hybridized carbons (Fsp3) is 0.259. The highest BCUT2D eigenvalue weighted by Crippen LogP contribution is 2.25. The molecule has 0 radical (unpaired) electrons. The average Bonchev–Trinajstić information content (AvgIpc) is 3.16. The number of hydrogen-bond donors (Lipinski definition) is 0. The number of nitrogens with zero attached hydrogens (tertiary/aromatic N) is 4. The van der Waals surface area contributed by atoms with E-state index in [4.69, 9.17) is 14.7 Å². The molecule has 0 unspecified atom stereocenters. The minimum Gasteiger partial charge on any atom is -0.463 e. The summed E-state index contributed by atoms with van der Waals surface area (Å²) in [6.45, 7) is 9.03. The molecule has 4 aromatic rings. The molecule has 0 bridgehead atoms. The molecular formula is C27H28N4O2. The quantitative estimate of drug-likeness (QED) is 0.297. The number of imidazole rings is 1. The zero-order valence-corrected chi connectivity index (χ0v) is 19.5. The first kappa shape index (κ1) is 22.4. The van der Waals surface area contributed by atoms with E-state index in [9.17, 15) is 4.79 Å². The zero-order valence-electron chi connectivity index (χ0n) is 19.5. The predicted molar refractivity (Wildman–Crippen MR) is 130 cm³/mol. The predicted octanol–water partition coefficient (Wildman–Crippen LogP) is 5.05. The largest absolute Gasteiger partial charge is 0.463 e. The van der Waals surface area contributed by atoms with Crippen LogP contribution in [0.1, 0.15) is 47.6 Å². The lowest BCUT2D eigenvalue weighted by molar-refractivity contribution is -0.137. The van der Waals surface area contributed by atoms with Gasteiger partial charge in [0.2, 0.25) is 0 Å². The molecule has 168 valence electrons. The summed E-state index contributed by atoms with van der Waals surface area (Å²) in [6.07, 6.45) is 5.81. The van der Waals surface area contributed by atoms with Gasteiger partial charge >= 0.3 is 5.97 Å². The highest BCUT2D eigenvalue weighted by Gasteiger charge is 2.14. The lowest BCUT2D eigenvalue weighted by atomic mass is 9.97. The second kappa shape index (κ2) is 9.77. The monoisotopic (exact) mass is 440 g/mol. The molecule has 33 heavy (non-hydrogen) atoms. The molecule has 6 heteroatoms. The summed E-state index contributed by atoms with van der Waals surface area (Å²) >= 11 is 0. The average molecular weight is 441 g/mol. The maximum absolute atomic E-state index is 12.2. The van der Waals surface area contributed by atoms with Gasteiger partial charge in [0, 0.05) is 30.6 Å². The van der Waals surface area contributed by atoms with Crippen LogP contribution in [0.3, 0.4) is 0 Å². The standard InChI is InChI=1S/C27H28N4O2/c1-5-24-30-26-18(3)15-19(4)29-27(26)31(24)17-20-7-9-21(10-8-20)23(16-25(32)33-6-2)22-11-13-28-14-12-22/h7-16H,5-6,17H2,1-4H3. The minimum atomic E-state index is -0.359. The number of esters is 1. The lowest BCUT2D eigenvalue weighted by Gasteiger charge is -2.11. The molecule has 0 atom stereocenters. The van der Waals surface area contributed by atoms with Crippen molar-refractivity contribution in [3.8, 4) is 0 Å². The molecule has 0 saturated heterocycles. The Morgan fingerprint density at radius 2 is 1.70 bits per heavy atom. The van der Waals surface area contributed by atoms with Crippen LogP contribution in [0.4, 0.5) is 0 Å². The summed E-state index contributed by atoms with van der Waals surface area (Å²) in [7, 11) is 0. The van der Waals surface area contributed by atoms with Crippen LogP contribution in [-0.2, 0) is 22.5 Å². The summed E-state index contributed by atoms with van der Waals surface area (Å²) < 4.78 is 7.34. The molecule has 6 nitrogen and oxygen atoms in total. The number of carbonyl (C=O) groups excluding carboxylic acids is 1. The Morgan fingerprint density at radius 3 is 2.36 bits per heavy atom. The number of ether oxygens (including phenoxy) is 1. The van der Waals surface area contributed by atoms with E-state index < -0.39 is 0 Å². The van der Waals surface area contributed by atoms with Crippen LogP contribution in [0.15, 0.2) is 60.9 Å². The van der Waals surface area contributed by atoms with Crippen molar-refractivity contribution in [1.82, 2.24) is 19.5 Å². The van der Waals surface area contributed by atoms with E-state index in [1.54, 1.807) is 25.4 Å². The smallest absolute Gasteiger partial charge is 0.331 e. The minimum absolute atomic E-state index is 0.337. The van der Waals surface area contributed by atoms with Gasteiger partial charge in [-0.2, -0.15) is 0 Å². The number of rotatable bonds is 7. The van der Waals surface area contributed by atoms with Crippen LogP contribution in [0.25, 0.3) is 16.7 Å². The second-order valence-electron chi connectivity index (χ2n) is 7.96. The van der Waals surface area contributed by atoms with Gasteiger partial charge < -0.3 is 9.30 Å². The van der Waals surface area contributed by atoms with Crippen LogP contribution >= 0.6 is 0 Å². The number of pyridine rings is 2. The zero-order chi connectivity index (χ0) is 23.4. The van der Waals surface area contributed by atoms with Gasteiger partial charge in [-0.15, -0.1) is 0 Å². The van der Waals surface area contributed by atoms with E-state index in [2.05, 4.69) is 41.6 Å². The van der Waals surface area contributed by atoms with E-state index in [-0.39, 0.29) is 5.97 Å². The summed E-state index contributed by atoms with van der Waals surface area (Å²) in [5.41, 5.74) is 7.82. The Morgan fingerprint density at radius 1 is 1.00 bits per heavy atom. The molecule has 3 aromatic heterocycles. The van der Waals surface area contributed by atoms with E-state index in [0.29, 0.717) is 13.2 Å². The summed E-state index contributed by atoms with van der Waals surface area (Å²) in [6, 6.07) is 14.1. The molecule has 0 spiro atoms. The number of fused-ring (bicyclic) bond motifs is 1. The van der Waals surface area contributed by atoms with E-state index in [0.717, 1.165) is 56.9 Å². The van der Waals surface area contributed by atoms with E-state index in [1.807, 2.05) is 31.2 Å². The molecule has 0 aliphatic heterocycles. The summed E-state index contributed by atoms with van der Waals surface area (Å²) in [4.78, 5) is 25.9. The molecule has 0 N–H and O–H groups in total. The second-order valence-corrected chi connectivity index (χ2v) is 7.96. The fourth-order valence-corrected chi connectivity index (χ4v) is 4.02. The van der Waals surface area contributed by atoms with Crippen molar-refractivity contribution in [3.63, 3.8) is 0 Å². The van der Waals surface area contributed by atoms with Crippen LogP contribution in [0.5, 0.6) is 0 Å². The van der Waals surface area contributed by atoms with Crippen molar-refractivity contribution in [1.29, 1.82) is 0 Å². The van der Waals surface area contributed by atoms with E-state index >= 15 is 0 Å². The first-order chi connectivity index (χ1) is 16.0. The van der Waals surface area contributed by atoms with Crippen LogP contribution in [0.2, 0.25) is 0 Å². The molecule has 4 rings (SSSR count). The van der Waals surface area contributed by atoms with Crippen LogP contribution < -0.4 is 0 Å². The normalized spacial score (nSPS) is 11.7. The number of aryl methyl sites for hydroxylation is 3. The summed E-state index contributed by atoms with van der Waals surface area (Å²) in [5.74, 6) is 0.664. The number of hydrogen-bond acceptors (Lipinski definition) is 5. The van der Waals surface area contributed by atoms with Crippen molar-refractivity contribution >= 4 is 22.7 Å². The Kier molecular flexibility index (Phi) is 6.63. The summed E-state index contributed by atoms with van der Waals surface area (Å²) in [5, 5.41) is 0. The van der Waals surface area contributed by atoms with Gasteiger partial charge in [0.1, 0.15) is 11.3 Å². The van der Waals surface area contributed by atoms with E-state index in [1.165, 1.54) is 0 Å². The third-order valence-corrected chi connectivity index (χ3v) is 5.56. The Bertz CT molecular complexity index is 1310. The first-order valence-corrected chi connectivity index (χ1v) is 11.2. The molecule has 1 aromatic carbocycles. The van der Waals surface area contributed by atoms with Crippen molar-refractivity contribution in [2.45, 2.75) is 40.7 Å². The molecule has 0 aliphatic carbocycles. The molecule has 0 fully saturated rings. The Labute approximate surface area is 194 Å².